The van der Waals surface area contributed by atoms with Crippen molar-refractivity contribution in [3.8, 4) is 0 Å². The normalized spacial score (nSPS) is 16.8. The third-order valence-corrected chi connectivity index (χ3v) is 3.21. The summed E-state index contributed by atoms with van der Waals surface area (Å²) < 4.78 is 12.6. The van der Waals surface area contributed by atoms with Crippen molar-refractivity contribution in [2.45, 2.75) is 38.5 Å². The predicted molar refractivity (Wildman–Crippen MR) is 64.0 cm³/mol. The van der Waals surface area contributed by atoms with E-state index in [9.17, 15) is 9.18 Å². The highest BCUT2D eigenvalue weighted by molar-refractivity contribution is 5.90. The molecule has 0 spiro atoms. The van der Waals surface area contributed by atoms with Gasteiger partial charge in [-0.05, 0) is 30.9 Å². The van der Waals surface area contributed by atoms with Crippen LogP contribution in [0.2, 0.25) is 0 Å². The van der Waals surface area contributed by atoms with Crippen molar-refractivity contribution in [3.05, 3.63) is 24.3 Å². The minimum Gasteiger partial charge on any atom is -0.325 e. The maximum atomic E-state index is 12.6. The van der Waals surface area contributed by atoms with Crippen molar-refractivity contribution in [3.63, 3.8) is 0 Å². The van der Waals surface area contributed by atoms with E-state index in [-0.39, 0.29) is 5.91 Å². The molecular weight excluding hydrogens is 219 g/mol. The number of rotatable bonds is 3. The molecule has 0 saturated heterocycles. The number of pyridine rings is 1. The van der Waals surface area contributed by atoms with Crippen LogP contribution in [0, 0.1) is 11.9 Å². The van der Waals surface area contributed by atoms with Crippen molar-refractivity contribution < 1.29 is 9.18 Å². The molecule has 0 bridgehead atoms. The van der Waals surface area contributed by atoms with Gasteiger partial charge in [-0.25, -0.2) is 4.98 Å². The van der Waals surface area contributed by atoms with Crippen LogP contribution in [0.4, 0.5) is 10.1 Å². The molecule has 0 unspecified atom stereocenters. The van der Waals surface area contributed by atoms with E-state index in [0.717, 1.165) is 12.8 Å². The molecule has 1 saturated carbocycles. The van der Waals surface area contributed by atoms with E-state index in [1.54, 1.807) is 0 Å². The zero-order valence-corrected chi connectivity index (χ0v) is 9.79. The summed E-state index contributed by atoms with van der Waals surface area (Å²) in [6.45, 7) is 0. The highest BCUT2D eigenvalue weighted by Crippen LogP contribution is 2.26. The van der Waals surface area contributed by atoms with Gasteiger partial charge in [-0.2, -0.15) is 4.39 Å². The average Bonchev–Trinajstić information content (AvgIpc) is 2.33. The summed E-state index contributed by atoms with van der Waals surface area (Å²) in [5, 5.41) is 2.75. The number of aromatic nitrogens is 1. The third kappa shape index (κ3) is 3.80. The number of nitrogens with zero attached hydrogens (tertiary/aromatic N) is 1. The Morgan fingerprint density at radius 2 is 2.12 bits per heavy atom. The van der Waals surface area contributed by atoms with Crippen molar-refractivity contribution >= 4 is 11.6 Å². The number of amides is 1. The SMILES string of the molecule is O=C(CC1CCCCC1)Nc1ccc(F)nc1. The number of halogens is 1. The molecule has 2 rings (SSSR count). The summed E-state index contributed by atoms with van der Waals surface area (Å²) in [4.78, 5) is 15.2. The summed E-state index contributed by atoms with van der Waals surface area (Å²) >= 11 is 0. The van der Waals surface area contributed by atoms with Crippen LogP contribution in [0.25, 0.3) is 0 Å². The largest absolute Gasteiger partial charge is 0.325 e. The lowest BCUT2D eigenvalue weighted by Crippen LogP contribution is -2.18. The van der Waals surface area contributed by atoms with Gasteiger partial charge in [-0.3, -0.25) is 4.79 Å². The zero-order chi connectivity index (χ0) is 12.1. The fraction of sp³-hybridized carbons (Fsp3) is 0.538. The number of carbonyl (C=O) groups excluding carboxylic acids is 1. The number of carbonyl (C=O) groups is 1. The molecule has 1 aromatic rings. The highest BCUT2D eigenvalue weighted by Gasteiger charge is 2.16. The number of hydrogen-bond donors (Lipinski definition) is 1. The van der Waals surface area contributed by atoms with Gasteiger partial charge in [-0.1, -0.05) is 19.3 Å². The second-order valence-corrected chi connectivity index (χ2v) is 4.63. The first-order valence-corrected chi connectivity index (χ1v) is 6.15. The lowest BCUT2D eigenvalue weighted by molar-refractivity contribution is -0.117. The van der Waals surface area contributed by atoms with Crippen LogP contribution < -0.4 is 5.32 Å². The van der Waals surface area contributed by atoms with E-state index in [2.05, 4.69) is 10.3 Å². The quantitative estimate of drug-likeness (QED) is 0.819. The molecule has 1 amide bonds. The smallest absolute Gasteiger partial charge is 0.224 e. The number of hydrogen-bond acceptors (Lipinski definition) is 2. The molecule has 4 heteroatoms. The standard InChI is InChI=1S/C13H17FN2O/c14-12-7-6-11(9-15-12)16-13(17)8-10-4-2-1-3-5-10/h6-7,9-10H,1-5,8H2,(H,16,17). The molecule has 3 nitrogen and oxygen atoms in total. The lowest BCUT2D eigenvalue weighted by Gasteiger charge is -2.20. The summed E-state index contributed by atoms with van der Waals surface area (Å²) in [6, 6.07) is 2.78. The molecule has 0 aromatic carbocycles. The van der Waals surface area contributed by atoms with Gasteiger partial charge >= 0.3 is 0 Å². The van der Waals surface area contributed by atoms with Crippen LogP contribution in [0.1, 0.15) is 38.5 Å². The molecule has 1 aliphatic carbocycles. The van der Waals surface area contributed by atoms with Crippen molar-refractivity contribution in [2.24, 2.45) is 5.92 Å². The third-order valence-electron chi connectivity index (χ3n) is 3.21. The molecule has 0 atom stereocenters. The summed E-state index contributed by atoms with van der Waals surface area (Å²) in [5.41, 5.74) is 0.562. The van der Waals surface area contributed by atoms with E-state index in [0.29, 0.717) is 18.0 Å². The molecular formula is C13H17FN2O. The van der Waals surface area contributed by atoms with Gasteiger partial charge in [0.2, 0.25) is 11.9 Å². The topological polar surface area (TPSA) is 42.0 Å². The van der Waals surface area contributed by atoms with Crippen LogP contribution in [-0.2, 0) is 4.79 Å². The molecule has 17 heavy (non-hydrogen) atoms. The first-order chi connectivity index (χ1) is 8.24. The second kappa shape index (κ2) is 5.75. The van der Waals surface area contributed by atoms with Crippen LogP contribution in [0.3, 0.4) is 0 Å². The average molecular weight is 236 g/mol. The summed E-state index contributed by atoms with van der Waals surface area (Å²) in [5.74, 6) is -0.0160. The molecule has 1 aliphatic rings. The van der Waals surface area contributed by atoms with Gasteiger partial charge < -0.3 is 5.32 Å². The lowest BCUT2D eigenvalue weighted by atomic mass is 9.87. The van der Waals surface area contributed by atoms with Crippen LogP contribution >= 0.6 is 0 Å². The minimum absolute atomic E-state index is 0.00491. The molecule has 1 heterocycles. The highest BCUT2D eigenvalue weighted by atomic mass is 19.1. The van der Waals surface area contributed by atoms with Gasteiger partial charge in [0, 0.05) is 6.42 Å². The molecule has 1 N–H and O–H groups in total. The molecule has 92 valence electrons. The second-order valence-electron chi connectivity index (χ2n) is 4.63. The zero-order valence-electron chi connectivity index (χ0n) is 9.79. The Morgan fingerprint density at radius 3 is 2.76 bits per heavy atom. The molecule has 0 radical (unpaired) electrons. The van der Waals surface area contributed by atoms with Crippen LogP contribution in [-0.4, -0.2) is 10.9 Å². The van der Waals surface area contributed by atoms with E-state index in [4.69, 9.17) is 0 Å². The Balaban J connectivity index is 1.82. The first kappa shape index (κ1) is 12.0. The maximum absolute atomic E-state index is 12.6. The molecule has 0 aliphatic heterocycles. The Labute approximate surface area is 100 Å². The van der Waals surface area contributed by atoms with Crippen molar-refractivity contribution in [2.75, 3.05) is 5.32 Å². The summed E-state index contributed by atoms with van der Waals surface area (Å²) in [7, 11) is 0. The first-order valence-electron chi connectivity index (χ1n) is 6.15. The fourth-order valence-electron chi connectivity index (χ4n) is 2.32. The Morgan fingerprint density at radius 1 is 1.35 bits per heavy atom. The Hall–Kier alpha value is -1.45. The molecule has 1 fully saturated rings. The van der Waals surface area contributed by atoms with Crippen molar-refractivity contribution in [1.82, 2.24) is 4.98 Å². The van der Waals surface area contributed by atoms with E-state index >= 15 is 0 Å². The number of nitrogens with one attached hydrogen (secondary N) is 1. The van der Waals surface area contributed by atoms with Crippen molar-refractivity contribution in [1.29, 1.82) is 0 Å². The monoisotopic (exact) mass is 236 g/mol. The van der Waals surface area contributed by atoms with Gasteiger partial charge in [0.05, 0.1) is 11.9 Å². The van der Waals surface area contributed by atoms with Crippen LogP contribution in [0.15, 0.2) is 18.3 Å². The Kier molecular flexibility index (Phi) is 4.07. The van der Waals surface area contributed by atoms with Gasteiger partial charge in [-0.15, -0.1) is 0 Å². The Bertz CT molecular complexity index is 372. The fourth-order valence-corrected chi connectivity index (χ4v) is 2.32. The number of anilines is 1. The van der Waals surface area contributed by atoms with Crippen LogP contribution in [0.5, 0.6) is 0 Å². The van der Waals surface area contributed by atoms with Gasteiger partial charge in [0.15, 0.2) is 0 Å². The predicted octanol–water partition coefficient (Wildman–Crippen LogP) is 3.13. The van der Waals surface area contributed by atoms with E-state index in [1.807, 2.05) is 0 Å². The minimum atomic E-state index is -0.532. The molecule has 1 aromatic heterocycles. The van der Waals surface area contributed by atoms with Gasteiger partial charge in [0.1, 0.15) is 0 Å². The summed E-state index contributed by atoms with van der Waals surface area (Å²) in [6.07, 6.45) is 7.96. The maximum Gasteiger partial charge on any atom is 0.224 e. The van der Waals surface area contributed by atoms with Gasteiger partial charge in [0.25, 0.3) is 0 Å². The van der Waals surface area contributed by atoms with E-state index in [1.165, 1.54) is 37.6 Å². The van der Waals surface area contributed by atoms with E-state index < -0.39 is 5.95 Å².